The van der Waals surface area contributed by atoms with Crippen LogP contribution in [0, 0.1) is 0 Å². The van der Waals surface area contributed by atoms with Crippen LogP contribution in [0.1, 0.15) is 13.8 Å². The maximum atomic E-state index is 5.70. The molecule has 0 spiro atoms. The Balaban J connectivity index is 2.56. The molecule has 0 aliphatic heterocycles. The molecular formula is C6H10ClN3S. The van der Waals surface area contributed by atoms with Crippen LogP contribution in [-0.4, -0.2) is 20.8 Å². The zero-order chi connectivity index (χ0) is 8.32. The average molecular weight is 192 g/mol. The third kappa shape index (κ3) is 2.63. The fourth-order valence-electron chi connectivity index (χ4n) is 0.551. The predicted molar refractivity (Wildman–Crippen MR) is 48.3 cm³/mol. The van der Waals surface area contributed by atoms with Gasteiger partial charge in [-0.2, -0.15) is 4.37 Å². The van der Waals surface area contributed by atoms with E-state index in [-0.39, 0.29) is 5.54 Å². The normalized spacial score (nSPS) is 11.5. The molecule has 3 nitrogen and oxygen atoms in total. The number of alkyl halides is 1. The summed E-state index contributed by atoms with van der Waals surface area (Å²) < 4.78 is 3.87. The summed E-state index contributed by atoms with van der Waals surface area (Å²) >= 11 is 7.04. The Morgan fingerprint density at radius 3 is 2.91 bits per heavy atom. The number of nitrogens with zero attached hydrogens (tertiary/aromatic N) is 2. The molecule has 5 heteroatoms. The molecule has 11 heavy (non-hydrogen) atoms. The lowest BCUT2D eigenvalue weighted by molar-refractivity contribution is 0.641. The van der Waals surface area contributed by atoms with E-state index in [1.165, 1.54) is 17.9 Å². The molecule has 0 aliphatic carbocycles. The second kappa shape index (κ2) is 3.36. The van der Waals surface area contributed by atoms with Crippen molar-refractivity contribution in [2.24, 2.45) is 0 Å². The van der Waals surface area contributed by atoms with Gasteiger partial charge in [0.2, 0.25) is 5.13 Å². The van der Waals surface area contributed by atoms with E-state index >= 15 is 0 Å². The van der Waals surface area contributed by atoms with Crippen molar-refractivity contribution in [3.05, 3.63) is 6.33 Å². The Bertz CT molecular complexity index is 210. The van der Waals surface area contributed by atoms with Crippen LogP contribution in [0.3, 0.4) is 0 Å². The molecule has 1 rings (SSSR count). The standard InChI is InChI=1S/C6H10ClN3S/c1-6(2,3-7)10-5-8-4-9-11-5/h4H,3H2,1-2H3,(H,8,9,10). The van der Waals surface area contributed by atoms with E-state index < -0.39 is 0 Å². The minimum atomic E-state index is -0.110. The molecule has 1 heterocycles. The molecule has 1 N–H and O–H groups in total. The minimum Gasteiger partial charge on any atom is -0.354 e. The molecule has 1 aromatic rings. The third-order valence-electron chi connectivity index (χ3n) is 1.14. The van der Waals surface area contributed by atoms with Crippen LogP contribution in [0.2, 0.25) is 0 Å². The van der Waals surface area contributed by atoms with Gasteiger partial charge in [-0.25, -0.2) is 4.98 Å². The zero-order valence-electron chi connectivity index (χ0n) is 6.47. The number of nitrogens with one attached hydrogen (secondary N) is 1. The van der Waals surface area contributed by atoms with Crippen molar-refractivity contribution in [1.82, 2.24) is 9.36 Å². The van der Waals surface area contributed by atoms with Gasteiger partial charge in [0.15, 0.2) is 0 Å². The largest absolute Gasteiger partial charge is 0.354 e. The van der Waals surface area contributed by atoms with Gasteiger partial charge in [0.25, 0.3) is 0 Å². The maximum absolute atomic E-state index is 5.70. The van der Waals surface area contributed by atoms with Crippen molar-refractivity contribution in [3.8, 4) is 0 Å². The highest BCUT2D eigenvalue weighted by Crippen LogP contribution is 2.15. The van der Waals surface area contributed by atoms with Crippen molar-refractivity contribution >= 4 is 28.3 Å². The van der Waals surface area contributed by atoms with E-state index in [2.05, 4.69) is 14.7 Å². The molecule has 0 saturated carbocycles. The predicted octanol–water partition coefficient (Wildman–Crippen LogP) is 1.97. The molecule has 0 fully saturated rings. The summed E-state index contributed by atoms with van der Waals surface area (Å²) in [6.45, 7) is 4.03. The van der Waals surface area contributed by atoms with Gasteiger partial charge in [0.1, 0.15) is 6.33 Å². The minimum absolute atomic E-state index is 0.110. The first kappa shape index (κ1) is 8.74. The van der Waals surface area contributed by atoms with Crippen molar-refractivity contribution in [2.75, 3.05) is 11.2 Å². The lowest BCUT2D eigenvalue weighted by Gasteiger charge is -2.21. The van der Waals surface area contributed by atoms with Gasteiger partial charge in [0.05, 0.1) is 0 Å². The number of aromatic nitrogens is 2. The number of halogens is 1. The number of hydrogen-bond acceptors (Lipinski definition) is 4. The van der Waals surface area contributed by atoms with Crippen LogP contribution in [0.5, 0.6) is 0 Å². The fraction of sp³-hybridized carbons (Fsp3) is 0.667. The molecule has 0 amide bonds. The summed E-state index contributed by atoms with van der Waals surface area (Å²) in [4.78, 5) is 3.99. The van der Waals surface area contributed by atoms with Crippen LogP contribution < -0.4 is 5.32 Å². The highest BCUT2D eigenvalue weighted by molar-refractivity contribution is 7.09. The van der Waals surface area contributed by atoms with Gasteiger partial charge in [-0.05, 0) is 13.8 Å². The van der Waals surface area contributed by atoms with E-state index in [1.807, 2.05) is 13.8 Å². The average Bonchev–Trinajstić information content (AvgIpc) is 2.39. The third-order valence-corrected chi connectivity index (χ3v) is 2.39. The number of rotatable bonds is 3. The second-order valence-corrected chi connectivity index (χ2v) is 3.94. The molecule has 0 radical (unpaired) electrons. The Morgan fingerprint density at radius 2 is 2.45 bits per heavy atom. The highest BCUT2D eigenvalue weighted by Gasteiger charge is 2.16. The van der Waals surface area contributed by atoms with Crippen molar-refractivity contribution in [1.29, 1.82) is 0 Å². The van der Waals surface area contributed by atoms with Gasteiger partial charge in [-0.15, -0.1) is 11.6 Å². The summed E-state index contributed by atoms with van der Waals surface area (Å²) in [5.74, 6) is 0.548. The lowest BCUT2D eigenvalue weighted by Crippen LogP contribution is -2.32. The van der Waals surface area contributed by atoms with Gasteiger partial charge in [-0.1, -0.05) is 0 Å². The first-order valence-corrected chi connectivity index (χ1v) is 4.56. The molecule has 0 atom stereocenters. The van der Waals surface area contributed by atoms with Crippen molar-refractivity contribution in [2.45, 2.75) is 19.4 Å². The van der Waals surface area contributed by atoms with E-state index in [1.54, 1.807) is 0 Å². The van der Waals surface area contributed by atoms with Gasteiger partial charge in [-0.3, -0.25) is 0 Å². The Hall–Kier alpha value is -0.350. The van der Waals surface area contributed by atoms with Crippen LogP contribution in [0.4, 0.5) is 5.13 Å². The molecular weight excluding hydrogens is 182 g/mol. The quantitative estimate of drug-likeness (QED) is 0.743. The van der Waals surface area contributed by atoms with E-state index in [0.29, 0.717) is 5.88 Å². The Kier molecular flexibility index (Phi) is 2.67. The van der Waals surface area contributed by atoms with Crippen LogP contribution in [0.15, 0.2) is 6.33 Å². The zero-order valence-corrected chi connectivity index (χ0v) is 8.04. The number of hydrogen-bond donors (Lipinski definition) is 1. The summed E-state index contributed by atoms with van der Waals surface area (Å²) in [5, 5.41) is 3.98. The molecule has 0 bridgehead atoms. The molecule has 0 saturated heterocycles. The molecule has 0 unspecified atom stereocenters. The summed E-state index contributed by atoms with van der Waals surface area (Å²) in [5.41, 5.74) is -0.110. The monoisotopic (exact) mass is 191 g/mol. The molecule has 0 aliphatic rings. The topological polar surface area (TPSA) is 37.8 Å². The molecule has 62 valence electrons. The van der Waals surface area contributed by atoms with Gasteiger partial charge >= 0.3 is 0 Å². The fourth-order valence-corrected chi connectivity index (χ4v) is 1.23. The first-order valence-electron chi connectivity index (χ1n) is 3.25. The molecule has 0 aromatic carbocycles. The van der Waals surface area contributed by atoms with Gasteiger partial charge < -0.3 is 5.32 Å². The second-order valence-electron chi connectivity index (χ2n) is 2.89. The van der Waals surface area contributed by atoms with Crippen LogP contribution >= 0.6 is 23.1 Å². The van der Waals surface area contributed by atoms with Crippen LogP contribution in [-0.2, 0) is 0 Å². The lowest BCUT2D eigenvalue weighted by atomic mass is 10.1. The smallest absolute Gasteiger partial charge is 0.202 e. The first-order chi connectivity index (χ1) is 5.14. The summed E-state index contributed by atoms with van der Waals surface area (Å²) in [6.07, 6.45) is 1.53. The maximum Gasteiger partial charge on any atom is 0.202 e. The number of anilines is 1. The van der Waals surface area contributed by atoms with E-state index in [9.17, 15) is 0 Å². The summed E-state index contributed by atoms with van der Waals surface area (Å²) in [7, 11) is 0. The van der Waals surface area contributed by atoms with Crippen molar-refractivity contribution in [3.63, 3.8) is 0 Å². The highest BCUT2D eigenvalue weighted by atomic mass is 35.5. The van der Waals surface area contributed by atoms with Crippen LogP contribution in [0.25, 0.3) is 0 Å². The van der Waals surface area contributed by atoms with E-state index in [0.717, 1.165) is 5.13 Å². The van der Waals surface area contributed by atoms with E-state index in [4.69, 9.17) is 11.6 Å². The Morgan fingerprint density at radius 1 is 1.73 bits per heavy atom. The molecule has 1 aromatic heterocycles. The van der Waals surface area contributed by atoms with Gasteiger partial charge in [0, 0.05) is 23.0 Å². The summed E-state index contributed by atoms with van der Waals surface area (Å²) in [6, 6.07) is 0. The Labute approximate surface area is 75.0 Å². The van der Waals surface area contributed by atoms with Crippen molar-refractivity contribution < 1.29 is 0 Å². The SMILES string of the molecule is CC(C)(CCl)Nc1ncns1.